The van der Waals surface area contributed by atoms with E-state index in [1.54, 1.807) is 36.4 Å². The molecule has 2 aromatic carbocycles. The van der Waals surface area contributed by atoms with Gasteiger partial charge in [-0.05, 0) is 18.2 Å². The average Bonchev–Trinajstić information content (AvgIpc) is 2.53. The van der Waals surface area contributed by atoms with Crippen LogP contribution in [0.25, 0.3) is 0 Å². The summed E-state index contributed by atoms with van der Waals surface area (Å²) in [6.07, 6.45) is -0.583. The minimum absolute atomic E-state index is 0.196. The molecule has 0 aliphatic rings. The maximum atomic E-state index is 11.4. The third-order valence-electron chi connectivity index (χ3n) is 2.92. The summed E-state index contributed by atoms with van der Waals surface area (Å²) < 4.78 is 10.5. The zero-order valence-electron chi connectivity index (χ0n) is 11.4. The molecule has 0 amide bonds. The predicted molar refractivity (Wildman–Crippen MR) is 75.8 cm³/mol. The lowest BCUT2D eigenvalue weighted by molar-refractivity contribution is -0.145. The van der Waals surface area contributed by atoms with Crippen molar-refractivity contribution in [1.82, 2.24) is 0 Å². The fourth-order valence-corrected chi connectivity index (χ4v) is 1.87. The van der Waals surface area contributed by atoms with Gasteiger partial charge in [0, 0.05) is 5.56 Å². The summed E-state index contributed by atoms with van der Waals surface area (Å²) in [6, 6.07) is 13.2. The Labute approximate surface area is 121 Å². The molecule has 0 aliphatic carbocycles. The first-order chi connectivity index (χ1) is 10.2. The molecule has 108 valence electrons. The standard InChI is InChI=1S/C16H14O5/c1-20-13-7-8-14(12(9-13)10-17)21-15(16(18)19)11-5-3-2-4-6-11/h2-10,15H,1H3,(H,18,19). The summed E-state index contributed by atoms with van der Waals surface area (Å²) in [5.41, 5.74) is 0.731. The molecule has 0 bridgehead atoms. The number of hydrogen-bond acceptors (Lipinski definition) is 4. The van der Waals surface area contributed by atoms with Gasteiger partial charge in [-0.15, -0.1) is 0 Å². The molecule has 2 rings (SSSR count). The number of carboxylic acid groups (broad SMARTS) is 1. The summed E-state index contributed by atoms with van der Waals surface area (Å²) in [5, 5.41) is 9.31. The van der Waals surface area contributed by atoms with Crippen LogP contribution in [0.4, 0.5) is 0 Å². The van der Waals surface area contributed by atoms with Crippen LogP contribution >= 0.6 is 0 Å². The van der Waals surface area contributed by atoms with Crippen LogP contribution in [0.3, 0.4) is 0 Å². The Hall–Kier alpha value is -2.82. The second kappa shape index (κ2) is 6.56. The lowest BCUT2D eigenvalue weighted by Crippen LogP contribution is -2.18. The van der Waals surface area contributed by atoms with E-state index in [0.29, 0.717) is 17.6 Å². The SMILES string of the molecule is COc1ccc(OC(C(=O)O)c2ccccc2)c(C=O)c1. The van der Waals surface area contributed by atoms with E-state index in [1.165, 1.54) is 19.2 Å². The van der Waals surface area contributed by atoms with Crippen LogP contribution in [0, 0.1) is 0 Å². The molecule has 0 spiro atoms. The molecule has 5 heteroatoms. The van der Waals surface area contributed by atoms with Crippen molar-refractivity contribution in [3.8, 4) is 11.5 Å². The Morgan fingerprint density at radius 1 is 1.19 bits per heavy atom. The van der Waals surface area contributed by atoms with Gasteiger partial charge in [-0.25, -0.2) is 4.79 Å². The van der Waals surface area contributed by atoms with Gasteiger partial charge in [0.25, 0.3) is 0 Å². The van der Waals surface area contributed by atoms with Crippen LogP contribution in [0.15, 0.2) is 48.5 Å². The molecule has 5 nitrogen and oxygen atoms in total. The zero-order valence-corrected chi connectivity index (χ0v) is 11.4. The Morgan fingerprint density at radius 3 is 2.48 bits per heavy atom. The van der Waals surface area contributed by atoms with Crippen molar-refractivity contribution < 1.29 is 24.2 Å². The number of hydrogen-bond donors (Lipinski definition) is 1. The normalized spacial score (nSPS) is 11.5. The molecule has 2 aromatic rings. The zero-order chi connectivity index (χ0) is 15.2. The molecule has 0 saturated heterocycles. The van der Waals surface area contributed by atoms with Crippen LogP contribution in [0.1, 0.15) is 22.0 Å². The molecule has 0 saturated carbocycles. The van der Waals surface area contributed by atoms with Gasteiger partial charge in [0.05, 0.1) is 12.7 Å². The number of aldehydes is 1. The van der Waals surface area contributed by atoms with Gasteiger partial charge in [0.1, 0.15) is 11.5 Å². The van der Waals surface area contributed by atoms with E-state index in [0.717, 1.165) is 0 Å². The summed E-state index contributed by atoms with van der Waals surface area (Å²) in [5.74, 6) is -0.438. The lowest BCUT2D eigenvalue weighted by atomic mass is 10.1. The van der Waals surface area contributed by atoms with Crippen LogP contribution in [0.5, 0.6) is 11.5 Å². The number of rotatable bonds is 6. The van der Waals surface area contributed by atoms with Crippen LogP contribution in [-0.4, -0.2) is 24.5 Å². The van der Waals surface area contributed by atoms with Crippen molar-refractivity contribution in [3.63, 3.8) is 0 Å². The van der Waals surface area contributed by atoms with Crippen molar-refractivity contribution >= 4 is 12.3 Å². The lowest BCUT2D eigenvalue weighted by Gasteiger charge is -2.17. The molecule has 0 fully saturated rings. The van der Waals surface area contributed by atoms with Gasteiger partial charge in [-0.1, -0.05) is 30.3 Å². The monoisotopic (exact) mass is 286 g/mol. The Bertz CT molecular complexity index is 636. The van der Waals surface area contributed by atoms with Gasteiger partial charge < -0.3 is 14.6 Å². The van der Waals surface area contributed by atoms with E-state index in [9.17, 15) is 14.7 Å². The van der Waals surface area contributed by atoms with E-state index in [1.807, 2.05) is 0 Å². The number of aliphatic carboxylic acids is 1. The van der Waals surface area contributed by atoms with Gasteiger partial charge in [-0.2, -0.15) is 0 Å². The summed E-state index contributed by atoms with van der Waals surface area (Å²) in [6.45, 7) is 0. The van der Waals surface area contributed by atoms with E-state index in [4.69, 9.17) is 9.47 Å². The van der Waals surface area contributed by atoms with Crippen molar-refractivity contribution in [3.05, 3.63) is 59.7 Å². The van der Waals surface area contributed by atoms with Gasteiger partial charge >= 0.3 is 5.97 Å². The highest BCUT2D eigenvalue weighted by atomic mass is 16.5. The van der Waals surface area contributed by atoms with Gasteiger partial charge in [0.2, 0.25) is 6.10 Å². The summed E-state index contributed by atoms with van der Waals surface area (Å²) in [7, 11) is 1.48. The van der Waals surface area contributed by atoms with E-state index >= 15 is 0 Å². The highest BCUT2D eigenvalue weighted by Gasteiger charge is 2.22. The third kappa shape index (κ3) is 3.39. The van der Waals surface area contributed by atoms with Crippen molar-refractivity contribution in [2.24, 2.45) is 0 Å². The number of ether oxygens (including phenoxy) is 2. The Kier molecular flexibility index (Phi) is 4.56. The molecule has 1 unspecified atom stereocenters. The van der Waals surface area contributed by atoms with E-state index in [-0.39, 0.29) is 11.3 Å². The smallest absolute Gasteiger partial charge is 0.349 e. The highest BCUT2D eigenvalue weighted by Crippen LogP contribution is 2.28. The van der Waals surface area contributed by atoms with Crippen molar-refractivity contribution in [2.75, 3.05) is 7.11 Å². The number of carbonyl (C=O) groups is 2. The minimum Gasteiger partial charge on any atom is -0.497 e. The number of carbonyl (C=O) groups excluding carboxylic acids is 1. The quantitative estimate of drug-likeness (QED) is 0.826. The first-order valence-corrected chi connectivity index (χ1v) is 6.23. The Balaban J connectivity index is 2.34. The molecule has 0 aromatic heterocycles. The molecule has 21 heavy (non-hydrogen) atoms. The van der Waals surface area contributed by atoms with E-state index in [2.05, 4.69) is 0 Å². The second-order valence-corrected chi connectivity index (χ2v) is 4.27. The van der Waals surface area contributed by atoms with Crippen molar-refractivity contribution in [1.29, 1.82) is 0 Å². The summed E-state index contributed by atoms with van der Waals surface area (Å²) >= 11 is 0. The number of carboxylic acids is 1. The minimum atomic E-state index is -1.18. The molecule has 0 aliphatic heterocycles. The molecule has 0 radical (unpaired) electrons. The predicted octanol–water partition coefficient (Wildman–Crippen LogP) is 2.71. The third-order valence-corrected chi connectivity index (χ3v) is 2.92. The Morgan fingerprint density at radius 2 is 1.90 bits per heavy atom. The average molecular weight is 286 g/mol. The first kappa shape index (κ1) is 14.6. The van der Waals surface area contributed by atoms with E-state index < -0.39 is 12.1 Å². The molecule has 1 atom stereocenters. The second-order valence-electron chi connectivity index (χ2n) is 4.27. The van der Waals surface area contributed by atoms with Crippen molar-refractivity contribution in [2.45, 2.75) is 6.10 Å². The molecule has 0 heterocycles. The van der Waals surface area contributed by atoms with Gasteiger partial charge in [-0.3, -0.25) is 4.79 Å². The molecular weight excluding hydrogens is 272 g/mol. The van der Waals surface area contributed by atoms with Crippen LogP contribution in [0.2, 0.25) is 0 Å². The fraction of sp³-hybridized carbons (Fsp3) is 0.125. The number of methoxy groups -OCH3 is 1. The molecular formula is C16H14O5. The first-order valence-electron chi connectivity index (χ1n) is 6.23. The highest BCUT2D eigenvalue weighted by molar-refractivity contribution is 5.81. The largest absolute Gasteiger partial charge is 0.497 e. The van der Waals surface area contributed by atoms with Gasteiger partial charge in [0.15, 0.2) is 6.29 Å². The maximum absolute atomic E-state index is 11.4. The maximum Gasteiger partial charge on any atom is 0.349 e. The fourth-order valence-electron chi connectivity index (χ4n) is 1.87. The van der Waals surface area contributed by atoms with Crippen LogP contribution < -0.4 is 9.47 Å². The van der Waals surface area contributed by atoms with Crippen LogP contribution in [-0.2, 0) is 4.79 Å². The molecule has 1 N–H and O–H groups in total. The number of benzene rings is 2. The summed E-state index contributed by atoms with van der Waals surface area (Å²) in [4.78, 5) is 22.5. The topological polar surface area (TPSA) is 72.8 Å².